The summed E-state index contributed by atoms with van der Waals surface area (Å²) >= 11 is 0. The summed E-state index contributed by atoms with van der Waals surface area (Å²) in [5, 5.41) is 9.54. The monoisotopic (exact) mass is 263 g/mol. The van der Waals surface area contributed by atoms with Crippen molar-refractivity contribution in [1.29, 1.82) is 0 Å². The van der Waals surface area contributed by atoms with E-state index >= 15 is 0 Å². The van der Waals surface area contributed by atoms with Gasteiger partial charge in [-0.25, -0.2) is 0 Å². The van der Waals surface area contributed by atoms with Crippen molar-refractivity contribution >= 4 is 11.6 Å². The molecular weight excluding hydrogens is 242 g/mol. The standard InChI is InChI=1S/C14H21N3O2/c1-10-12(8-9-19-2)13(18)17-14(15-10)16-11-6-4-3-5-7-11/h3-7,10,12,14-16H,8-9H2,1-2H3,(H,17,18). The second kappa shape index (κ2) is 6.54. The summed E-state index contributed by atoms with van der Waals surface area (Å²) in [5.74, 6) is 0.0190. The molecule has 19 heavy (non-hydrogen) atoms. The number of amides is 1. The molecule has 1 fully saturated rings. The van der Waals surface area contributed by atoms with E-state index in [0.717, 1.165) is 12.1 Å². The van der Waals surface area contributed by atoms with Crippen molar-refractivity contribution in [3.63, 3.8) is 0 Å². The Balaban J connectivity index is 1.92. The van der Waals surface area contributed by atoms with Crippen LogP contribution in [-0.2, 0) is 9.53 Å². The number of rotatable bonds is 5. The molecule has 1 aromatic rings. The Morgan fingerprint density at radius 2 is 2.05 bits per heavy atom. The van der Waals surface area contributed by atoms with Crippen molar-refractivity contribution in [2.75, 3.05) is 19.0 Å². The van der Waals surface area contributed by atoms with Gasteiger partial charge in [0.2, 0.25) is 5.91 Å². The molecule has 5 heteroatoms. The zero-order valence-corrected chi connectivity index (χ0v) is 11.3. The van der Waals surface area contributed by atoms with E-state index in [1.165, 1.54) is 0 Å². The molecule has 0 bridgehead atoms. The fourth-order valence-corrected chi connectivity index (χ4v) is 2.30. The van der Waals surface area contributed by atoms with E-state index in [9.17, 15) is 4.79 Å². The third-order valence-electron chi connectivity index (χ3n) is 3.37. The maximum Gasteiger partial charge on any atom is 0.227 e. The van der Waals surface area contributed by atoms with E-state index in [2.05, 4.69) is 16.0 Å². The molecule has 104 valence electrons. The van der Waals surface area contributed by atoms with Gasteiger partial charge in [-0.3, -0.25) is 10.1 Å². The number of hydrogen-bond acceptors (Lipinski definition) is 4. The summed E-state index contributed by atoms with van der Waals surface area (Å²) in [6, 6.07) is 9.92. The molecule has 1 heterocycles. The third-order valence-corrected chi connectivity index (χ3v) is 3.37. The van der Waals surface area contributed by atoms with E-state index in [4.69, 9.17) is 4.74 Å². The van der Waals surface area contributed by atoms with Gasteiger partial charge < -0.3 is 15.4 Å². The summed E-state index contributed by atoms with van der Waals surface area (Å²) in [4.78, 5) is 12.1. The molecule has 0 saturated carbocycles. The molecule has 1 saturated heterocycles. The molecule has 2 rings (SSSR count). The molecule has 0 aliphatic carbocycles. The lowest BCUT2D eigenvalue weighted by molar-refractivity contribution is -0.129. The van der Waals surface area contributed by atoms with Crippen LogP contribution in [0.25, 0.3) is 0 Å². The summed E-state index contributed by atoms with van der Waals surface area (Å²) in [6.45, 7) is 2.62. The Bertz CT molecular complexity index is 410. The second-order valence-electron chi connectivity index (χ2n) is 4.80. The number of hydrogen-bond donors (Lipinski definition) is 3. The first-order valence-electron chi connectivity index (χ1n) is 6.57. The normalized spacial score (nSPS) is 26.8. The number of benzene rings is 1. The van der Waals surface area contributed by atoms with E-state index in [1.807, 2.05) is 37.3 Å². The highest BCUT2D eigenvalue weighted by atomic mass is 16.5. The van der Waals surface area contributed by atoms with Gasteiger partial charge in [0.05, 0.1) is 5.92 Å². The molecule has 3 atom stereocenters. The highest BCUT2D eigenvalue weighted by Crippen LogP contribution is 2.15. The van der Waals surface area contributed by atoms with Crippen molar-refractivity contribution < 1.29 is 9.53 Å². The second-order valence-corrected chi connectivity index (χ2v) is 4.80. The van der Waals surface area contributed by atoms with Gasteiger partial charge in [-0.05, 0) is 25.5 Å². The first kappa shape index (κ1) is 13.8. The molecule has 1 aliphatic heterocycles. The van der Waals surface area contributed by atoms with Crippen LogP contribution in [0.2, 0.25) is 0 Å². The average Bonchev–Trinajstić information content (AvgIpc) is 2.39. The third kappa shape index (κ3) is 3.68. The number of nitrogens with one attached hydrogen (secondary N) is 3. The Hall–Kier alpha value is -1.59. The van der Waals surface area contributed by atoms with Crippen molar-refractivity contribution in [2.45, 2.75) is 25.7 Å². The van der Waals surface area contributed by atoms with Crippen LogP contribution in [0.15, 0.2) is 30.3 Å². The van der Waals surface area contributed by atoms with Gasteiger partial charge >= 0.3 is 0 Å². The largest absolute Gasteiger partial charge is 0.385 e. The number of ether oxygens (including phenoxy) is 1. The molecule has 3 unspecified atom stereocenters. The number of para-hydroxylation sites is 1. The van der Waals surface area contributed by atoms with Crippen molar-refractivity contribution in [2.24, 2.45) is 5.92 Å². The van der Waals surface area contributed by atoms with Gasteiger partial charge in [-0.15, -0.1) is 0 Å². The predicted molar refractivity (Wildman–Crippen MR) is 74.6 cm³/mol. The van der Waals surface area contributed by atoms with Crippen LogP contribution in [0.3, 0.4) is 0 Å². The Morgan fingerprint density at radius 3 is 2.68 bits per heavy atom. The average molecular weight is 263 g/mol. The molecule has 1 aliphatic rings. The van der Waals surface area contributed by atoms with Crippen LogP contribution in [-0.4, -0.2) is 32.0 Å². The molecule has 0 spiro atoms. The molecule has 1 aromatic carbocycles. The lowest BCUT2D eigenvalue weighted by Crippen LogP contribution is -2.63. The molecule has 5 nitrogen and oxygen atoms in total. The summed E-state index contributed by atoms with van der Waals surface area (Å²) in [5.41, 5.74) is 0.975. The van der Waals surface area contributed by atoms with Crippen LogP contribution in [0.4, 0.5) is 5.69 Å². The Morgan fingerprint density at radius 1 is 1.32 bits per heavy atom. The summed E-state index contributed by atoms with van der Waals surface area (Å²) in [7, 11) is 1.65. The minimum atomic E-state index is -0.233. The van der Waals surface area contributed by atoms with Gasteiger partial charge in [-0.2, -0.15) is 0 Å². The Labute approximate surface area is 113 Å². The maximum absolute atomic E-state index is 12.1. The van der Waals surface area contributed by atoms with Crippen molar-refractivity contribution in [1.82, 2.24) is 10.6 Å². The fourth-order valence-electron chi connectivity index (χ4n) is 2.30. The number of carbonyl (C=O) groups excluding carboxylic acids is 1. The van der Waals surface area contributed by atoms with Crippen molar-refractivity contribution in [3.05, 3.63) is 30.3 Å². The first-order valence-corrected chi connectivity index (χ1v) is 6.57. The predicted octanol–water partition coefficient (Wildman–Crippen LogP) is 1.14. The van der Waals surface area contributed by atoms with E-state index in [1.54, 1.807) is 7.11 Å². The minimum absolute atomic E-state index is 0.0474. The molecule has 1 amide bonds. The van der Waals surface area contributed by atoms with E-state index < -0.39 is 0 Å². The van der Waals surface area contributed by atoms with Gasteiger partial charge in [-0.1, -0.05) is 18.2 Å². The van der Waals surface area contributed by atoms with Crippen LogP contribution < -0.4 is 16.0 Å². The first-order chi connectivity index (χ1) is 9.20. The quantitative estimate of drug-likeness (QED) is 0.745. The van der Waals surface area contributed by atoms with Gasteiger partial charge in [0.25, 0.3) is 0 Å². The Kier molecular flexibility index (Phi) is 4.76. The zero-order valence-electron chi connectivity index (χ0n) is 11.3. The highest BCUT2D eigenvalue weighted by Gasteiger charge is 2.32. The van der Waals surface area contributed by atoms with Crippen molar-refractivity contribution in [3.8, 4) is 0 Å². The summed E-state index contributed by atoms with van der Waals surface area (Å²) in [6.07, 6.45) is 0.498. The number of methoxy groups -OCH3 is 1. The lowest BCUT2D eigenvalue weighted by atomic mass is 9.95. The minimum Gasteiger partial charge on any atom is -0.385 e. The lowest BCUT2D eigenvalue weighted by Gasteiger charge is -2.36. The fraction of sp³-hybridized carbons (Fsp3) is 0.500. The van der Waals surface area contributed by atoms with Crippen LogP contribution in [0.5, 0.6) is 0 Å². The van der Waals surface area contributed by atoms with E-state index in [-0.39, 0.29) is 24.2 Å². The van der Waals surface area contributed by atoms with Crippen LogP contribution in [0.1, 0.15) is 13.3 Å². The SMILES string of the molecule is COCCC1C(=O)NC(Nc2ccccc2)NC1C. The molecule has 3 N–H and O–H groups in total. The van der Waals surface area contributed by atoms with E-state index in [0.29, 0.717) is 6.61 Å². The smallest absolute Gasteiger partial charge is 0.227 e. The van der Waals surface area contributed by atoms with Gasteiger partial charge in [0, 0.05) is 25.4 Å². The number of anilines is 1. The molecule has 0 aromatic heterocycles. The number of carbonyl (C=O) groups is 1. The summed E-state index contributed by atoms with van der Waals surface area (Å²) < 4.78 is 5.04. The highest BCUT2D eigenvalue weighted by molar-refractivity contribution is 5.80. The van der Waals surface area contributed by atoms with Gasteiger partial charge in [0.15, 0.2) is 6.29 Å². The van der Waals surface area contributed by atoms with Crippen LogP contribution >= 0.6 is 0 Å². The zero-order chi connectivity index (χ0) is 13.7. The molecular formula is C14H21N3O2. The molecule has 0 radical (unpaired) electrons. The topological polar surface area (TPSA) is 62.4 Å². The van der Waals surface area contributed by atoms with Crippen LogP contribution in [0, 0.1) is 5.92 Å². The van der Waals surface area contributed by atoms with Gasteiger partial charge in [0.1, 0.15) is 0 Å². The maximum atomic E-state index is 12.1.